The maximum atomic E-state index is 13.3. The van der Waals surface area contributed by atoms with Crippen molar-refractivity contribution in [1.29, 1.82) is 0 Å². The first-order chi connectivity index (χ1) is 31.8. The molecule has 4 aromatic rings. The first-order valence-electron chi connectivity index (χ1n) is 22.6. The molecule has 12 nitrogen and oxygen atoms in total. The fourth-order valence-corrected chi connectivity index (χ4v) is 10.1. The van der Waals surface area contributed by atoms with E-state index in [9.17, 15) is 30.0 Å². The highest BCUT2D eigenvalue weighted by molar-refractivity contribution is 8.76. The second-order valence-corrected chi connectivity index (χ2v) is 20.0. The zero-order valence-electron chi connectivity index (χ0n) is 39.3. The molecule has 5 rings (SSSR count). The fourth-order valence-electron chi connectivity index (χ4n) is 8.27. The van der Waals surface area contributed by atoms with Crippen LogP contribution in [0.25, 0.3) is 12.2 Å². The lowest BCUT2D eigenvalue weighted by Gasteiger charge is -2.27. The number of hydrogen-bond donors (Lipinski definition) is 7. The SMILES string of the molecule is CNc1ccc(C(=O)NCCSSCCNC(=O)c2ccc3c(c2)C(C)(C)C(/C=C/c2ccc(N(CCO)CCO)cc2)=[N+]3C)cc1C(C)(C)C/C=C/c1ccc(N(CCO)CCO)cc1. The van der Waals surface area contributed by atoms with Crippen molar-refractivity contribution in [2.24, 2.45) is 0 Å². The van der Waals surface area contributed by atoms with Crippen molar-refractivity contribution in [2.75, 3.05) is 106 Å². The summed E-state index contributed by atoms with van der Waals surface area (Å²) in [6, 6.07) is 27.8. The quantitative estimate of drug-likeness (QED) is 0.0198. The van der Waals surface area contributed by atoms with Crippen LogP contribution in [0.15, 0.2) is 97.1 Å². The Kier molecular flexibility index (Phi) is 19.8. The van der Waals surface area contributed by atoms with Gasteiger partial charge in [-0.25, -0.2) is 0 Å². The highest BCUT2D eigenvalue weighted by Crippen LogP contribution is 2.40. The van der Waals surface area contributed by atoms with Crippen molar-refractivity contribution >= 4 is 74.0 Å². The summed E-state index contributed by atoms with van der Waals surface area (Å²) in [4.78, 5) is 30.4. The van der Waals surface area contributed by atoms with Gasteiger partial charge in [-0.15, -0.1) is 0 Å². The number of benzene rings is 4. The molecule has 354 valence electrons. The van der Waals surface area contributed by atoms with Crippen LogP contribution >= 0.6 is 21.6 Å². The molecule has 0 aromatic heterocycles. The summed E-state index contributed by atoms with van der Waals surface area (Å²) >= 11 is 0. The van der Waals surface area contributed by atoms with Gasteiger partial charge in [-0.05, 0) is 103 Å². The molecule has 0 aliphatic carbocycles. The number of amides is 2. The van der Waals surface area contributed by atoms with Crippen molar-refractivity contribution in [3.05, 3.63) is 130 Å². The number of hydrogen-bond acceptors (Lipinski definition) is 11. The van der Waals surface area contributed by atoms with Gasteiger partial charge in [-0.2, -0.15) is 4.58 Å². The van der Waals surface area contributed by atoms with Crippen LogP contribution in [-0.2, 0) is 10.8 Å². The van der Waals surface area contributed by atoms with Crippen LogP contribution in [0.4, 0.5) is 22.7 Å². The number of aliphatic hydroxyl groups excluding tert-OH is 4. The van der Waals surface area contributed by atoms with Crippen molar-refractivity contribution in [3.8, 4) is 0 Å². The Balaban J connectivity index is 1.05. The summed E-state index contributed by atoms with van der Waals surface area (Å²) in [5.41, 5.74) is 9.98. The van der Waals surface area contributed by atoms with Gasteiger partial charge in [-0.3, -0.25) is 9.59 Å². The summed E-state index contributed by atoms with van der Waals surface area (Å²) in [5, 5.41) is 47.0. The molecule has 1 aliphatic heterocycles. The highest BCUT2D eigenvalue weighted by Gasteiger charge is 2.43. The van der Waals surface area contributed by atoms with Crippen molar-refractivity contribution in [2.45, 2.75) is 44.9 Å². The first kappa shape index (κ1) is 51.9. The molecule has 0 radical (unpaired) electrons. The molecule has 0 unspecified atom stereocenters. The van der Waals surface area contributed by atoms with Crippen molar-refractivity contribution in [1.82, 2.24) is 10.6 Å². The van der Waals surface area contributed by atoms with Gasteiger partial charge < -0.3 is 46.2 Å². The molecule has 0 bridgehead atoms. The summed E-state index contributed by atoms with van der Waals surface area (Å²) in [7, 11) is 7.28. The minimum absolute atomic E-state index is 0.0193. The third kappa shape index (κ3) is 13.7. The standard InChI is InChI=1S/C52H68N6O6S2/c1-51(2,23-7-8-38-9-16-42(17-10-38)57(26-30-59)27-31-60)44-36-40(14-20-46(44)53-5)49(63)54-24-34-65-66-35-25-55-50(64)41-15-21-47-45(37-41)52(3,4)48(56(47)6)22-13-39-11-18-43(19-12-39)58(28-32-61)29-33-62/h7-22,36-37,59-62H,23-35H2,1-6H3,(H2-,53,54,55,63,64)/p+1/b8-7+. The van der Waals surface area contributed by atoms with Gasteiger partial charge in [-0.1, -0.05) is 71.9 Å². The number of carbonyl (C=O) groups excluding carboxylic acids is 2. The van der Waals surface area contributed by atoms with Crippen molar-refractivity contribution < 1.29 is 34.6 Å². The Morgan fingerprint density at radius 2 is 1.17 bits per heavy atom. The van der Waals surface area contributed by atoms with E-state index in [-0.39, 0.29) is 49.1 Å². The third-order valence-electron chi connectivity index (χ3n) is 12.0. The zero-order valence-corrected chi connectivity index (χ0v) is 41.0. The number of nitrogens with zero attached hydrogens (tertiary/aromatic N) is 3. The predicted molar refractivity (Wildman–Crippen MR) is 277 cm³/mol. The van der Waals surface area contributed by atoms with E-state index in [1.54, 1.807) is 21.6 Å². The van der Waals surface area contributed by atoms with Crippen LogP contribution in [0.3, 0.4) is 0 Å². The predicted octanol–water partition coefficient (Wildman–Crippen LogP) is 6.95. The van der Waals surface area contributed by atoms with E-state index in [1.165, 1.54) is 0 Å². The fraction of sp³-hybridized carbons (Fsp3) is 0.404. The largest absolute Gasteiger partial charge is 0.395 e. The van der Waals surface area contributed by atoms with Gasteiger partial charge in [0, 0.05) is 104 Å². The van der Waals surface area contributed by atoms with E-state index < -0.39 is 0 Å². The molecule has 14 heteroatoms. The number of fused-ring (bicyclic) bond motifs is 1. The van der Waals surface area contributed by atoms with Gasteiger partial charge in [0.1, 0.15) is 7.05 Å². The van der Waals surface area contributed by atoms with Gasteiger partial charge in [0.05, 0.1) is 31.8 Å². The Labute approximate surface area is 399 Å². The lowest BCUT2D eigenvalue weighted by atomic mass is 9.79. The maximum Gasteiger partial charge on any atom is 0.251 e. The highest BCUT2D eigenvalue weighted by atomic mass is 33.1. The molecule has 0 saturated heterocycles. The summed E-state index contributed by atoms with van der Waals surface area (Å²) in [6.45, 7) is 11.7. The number of anilines is 3. The average Bonchev–Trinajstić information content (AvgIpc) is 3.51. The Bertz CT molecular complexity index is 2270. The molecule has 0 fully saturated rings. The molecule has 7 N–H and O–H groups in total. The molecule has 0 saturated carbocycles. The van der Waals surface area contributed by atoms with Crippen LogP contribution in [-0.4, -0.2) is 134 Å². The number of carbonyl (C=O) groups is 2. The Hall–Kier alpha value is -5.09. The molecular weight excluding hydrogens is 869 g/mol. The second-order valence-electron chi connectivity index (χ2n) is 17.3. The molecular formula is C52H69N6O6S2+. The molecule has 1 heterocycles. The monoisotopic (exact) mass is 937 g/mol. The molecule has 0 spiro atoms. The smallest absolute Gasteiger partial charge is 0.251 e. The van der Waals surface area contributed by atoms with Crippen LogP contribution in [0.1, 0.15) is 77.1 Å². The van der Waals surface area contributed by atoms with Gasteiger partial charge in [0.2, 0.25) is 5.69 Å². The normalized spacial score (nSPS) is 13.4. The number of aliphatic hydroxyl groups is 4. The van der Waals surface area contributed by atoms with Crippen molar-refractivity contribution in [3.63, 3.8) is 0 Å². The van der Waals surface area contributed by atoms with E-state index >= 15 is 0 Å². The number of allylic oxidation sites excluding steroid dienone is 2. The number of rotatable bonds is 26. The van der Waals surface area contributed by atoms with E-state index in [2.05, 4.69) is 79.6 Å². The van der Waals surface area contributed by atoms with Gasteiger partial charge in [0.25, 0.3) is 11.8 Å². The summed E-state index contributed by atoms with van der Waals surface area (Å²) in [6.07, 6.45) is 9.22. The summed E-state index contributed by atoms with van der Waals surface area (Å²) < 4.78 is 2.18. The topological polar surface area (TPSA) is 161 Å². The molecule has 2 amide bonds. The van der Waals surface area contributed by atoms with Gasteiger partial charge in [0.15, 0.2) is 5.71 Å². The minimum Gasteiger partial charge on any atom is -0.395 e. The third-order valence-corrected chi connectivity index (χ3v) is 14.4. The van der Waals surface area contributed by atoms with Crippen LogP contribution in [0.5, 0.6) is 0 Å². The van der Waals surface area contributed by atoms with Crippen LogP contribution < -0.4 is 25.8 Å². The van der Waals surface area contributed by atoms with Crippen LogP contribution in [0.2, 0.25) is 0 Å². The first-order valence-corrected chi connectivity index (χ1v) is 25.1. The van der Waals surface area contributed by atoms with E-state index in [0.717, 1.165) is 68.6 Å². The Morgan fingerprint density at radius 3 is 1.67 bits per heavy atom. The van der Waals surface area contributed by atoms with E-state index in [4.69, 9.17) is 0 Å². The maximum absolute atomic E-state index is 13.3. The molecule has 66 heavy (non-hydrogen) atoms. The minimum atomic E-state index is -0.326. The molecule has 4 aromatic carbocycles. The van der Waals surface area contributed by atoms with Gasteiger partial charge >= 0.3 is 0 Å². The zero-order chi connectivity index (χ0) is 47.7. The lowest BCUT2D eigenvalue weighted by Crippen LogP contribution is -2.29. The second kappa shape index (κ2) is 25.2. The molecule has 1 aliphatic rings. The average molecular weight is 938 g/mol. The lowest BCUT2D eigenvalue weighted by molar-refractivity contribution is -0.401. The van der Waals surface area contributed by atoms with E-state index in [1.807, 2.05) is 102 Å². The van der Waals surface area contributed by atoms with E-state index in [0.29, 0.717) is 50.4 Å². The molecule has 0 atom stereocenters. The number of nitrogens with one attached hydrogen (secondary N) is 3. The summed E-state index contributed by atoms with van der Waals surface area (Å²) in [5.74, 6) is 1.23. The Morgan fingerprint density at radius 1 is 0.682 bits per heavy atom. The van der Waals surface area contributed by atoms with Crippen LogP contribution in [0, 0.1) is 0 Å².